The standard InChI is InChI=1S/C25H39N5O2/c1-4-26-25(28-15-11-24-20(2)29-32-21(24)3)27-14-8-18-31-23-12-16-30(17-13-23)19-22-9-6-5-7-10-22/h5-7,9-10,23H,4,8,11-19H2,1-3H3,(H2,26,27,28). The third kappa shape index (κ3) is 7.95. The van der Waals surface area contributed by atoms with Crippen molar-refractivity contribution in [3.05, 3.63) is 52.9 Å². The van der Waals surface area contributed by atoms with Gasteiger partial charge in [0, 0.05) is 51.4 Å². The fourth-order valence-electron chi connectivity index (χ4n) is 4.09. The normalized spacial score (nSPS) is 15.8. The van der Waals surface area contributed by atoms with Crippen molar-refractivity contribution in [3.63, 3.8) is 0 Å². The largest absolute Gasteiger partial charge is 0.378 e. The van der Waals surface area contributed by atoms with E-state index in [-0.39, 0.29) is 0 Å². The number of hydrogen-bond donors (Lipinski definition) is 2. The zero-order valence-corrected chi connectivity index (χ0v) is 19.9. The first-order chi connectivity index (χ1) is 15.7. The van der Waals surface area contributed by atoms with Gasteiger partial charge in [-0.15, -0.1) is 0 Å². The Morgan fingerprint density at radius 2 is 1.97 bits per heavy atom. The van der Waals surface area contributed by atoms with Crippen molar-refractivity contribution in [1.82, 2.24) is 20.7 Å². The molecule has 0 saturated carbocycles. The summed E-state index contributed by atoms with van der Waals surface area (Å²) < 4.78 is 11.4. The van der Waals surface area contributed by atoms with Gasteiger partial charge in [0.05, 0.1) is 11.8 Å². The maximum Gasteiger partial charge on any atom is 0.191 e. The summed E-state index contributed by atoms with van der Waals surface area (Å²) in [7, 11) is 0. The molecule has 7 nitrogen and oxygen atoms in total. The van der Waals surface area contributed by atoms with Crippen LogP contribution < -0.4 is 10.6 Å². The number of nitrogens with one attached hydrogen (secondary N) is 2. The molecule has 2 aromatic rings. The highest BCUT2D eigenvalue weighted by molar-refractivity contribution is 5.79. The third-order valence-corrected chi connectivity index (χ3v) is 5.90. The van der Waals surface area contributed by atoms with E-state index in [2.05, 4.69) is 62.9 Å². The van der Waals surface area contributed by atoms with Crippen LogP contribution in [0.15, 0.2) is 39.8 Å². The summed E-state index contributed by atoms with van der Waals surface area (Å²) in [5, 5.41) is 10.7. The van der Waals surface area contributed by atoms with Crippen molar-refractivity contribution in [3.8, 4) is 0 Å². The molecule has 1 aliphatic rings. The number of nitrogens with zero attached hydrogens (tertiary/aromatic N) is 3. The lowest BCUT2D eigenvalue weighted by Crippen LogP contribution is -2.38. The van der Waals surface area contributed by atoms with Crippen LogP contribution in [0, 0.1) is 13.8 Å². The molecule has 0 atom stereocenters. The van der Waals surface area contributed by atoms with E-state index in [0.717, 1.165) is 89.0 Å². The van der Waals surface area contributed by atoms with Crippen LogP contribution in [0.1, 0.15) is 48.8 Å². The number of aliphatic imine (C=N–C) groups is 1. The van der Waals surface area contributed by atoms with Gasteiger partial charge in [-0.1, -0.05) is 35.5 Å². The molecular weight excluding hydrogens is 402 g/mol. The molecule has 1 aliphatic heterocycles. The Kier molecular flexibility index (Phi) is 10.0. The van der Waals surface area contributed by atoms with Crippen LogP contribution in [0.2, 0.25) is 0 Å². The van der Waals surface area contributed by atoms with Gasteiger partial charge in [-0.3, -0.25) is 9.89 Å². The zero-order chi connectivity index (χ0) is 22.6. The molecule has 0 bridgehead atoms. The number of benzene rings is 1. The van der Waals surface area contributed by atoms with Crippen LogP contribution in [0.25, 0.3) is 0 Å². The number of guanidine groups is 1. The lowest BCUT2D eigenvalue weighted by atomic mass is 10.1. The Morgan fingerprint density at radius 3 is 2.66 bits per heavy atom. The lowest BCUT2D eigenvalue weighted by molar-refractivity contribution is 0.00566. The van der Waals surface area contributed by atoms with Crippen LogP contribution >= 0.6 is 0 Å². The second-order valence-electron chi connectivity index (χ2n) is 8.43. The SMILES string of the molecule is CCNC(=NCCCOC1CCN(Cc2ccccc2)CC1)NCCc1c(C)noc1C. The Balaban J connectivity index is 1.29. The van der Waals surface area contributed by atoms with Crippen LogP contribution in [0.5, 0.6) is 0 Å². The van der Waals surface area contributed by atoms with E-state index in [9.17, 15) is 0 Å². The topological polar surface area (TPSA) is 74.9 Å². The molecule has 32 heavy (non-hydrogen) atoms. The minimum absolute atomic E-state index is 0.382. The van der Waals surface area contributed by atoms with Crippen LogP contribution in [-0.2, 0) is 17.7 Å². The summed E-state index contributed by atoms with van der Waals surface area (Å²) in [5.41, 5.74) is 3.53. The maximum absolute atomic E-state index is 6.13. The molecule has 1 aromatic heterocycles. The molecule has 0 unspecified atom stereocenters. The van der Waals surface area contributed by atoms with Crippen LogP contribution in [0.3, 0.4) is 0 Å². The summed E-state index contributed by atoms with van der Waals surface area (Å²) in [6.45, 7) is 12.5. The fraction of sp³-hybridized carbons (Fsp3) is 0.600. The first-order valence-electron chi connectivity index (χ1n) is 12.0. The molecular formula is C25H39N5O2. The quantitative estimate of drug-likeness (QED) is 0.316. The van der Waals surface area contributed by atoms with E-state index in [4.69, 9.17) is 9.26 Å². The van der Waals surface area contributed by atoms with E-state index in [1.807, 2.05) is 13.8 Å². The lowest BCUT2D eigenvalue weighted by Gasteiger charge is -2.31. The van der Waals surface area contributed by atoms with Gasteiger partial charge in [0.2, 0.25) is 0 Å². The minimum atomic E-state index is 0.382. The molecule has 0 radical (unpaired) electrons. The predicted octanol–water partition coefficient (Wildman–Crippen LogP) is 3.46. The number of piperidine rings is 1. The minimum Gasteiger partial charge on any atom is -0.378 e. The Hall–Kier alpha value is -2.38. The number of aryl methyl sites for hydroxylation is 2. The summed E-state index contributed by atoms with van der Waals surface area (Å²) in [5.74, 6) is 1.75. The van der Waals surface area contributed by atoms with Gasteiger partial charge in [-0.2, -0.15) is 0 Å². The first kappa shape index (κ1) is 24.3. The molecule has 1 saturated heterocycles. The summed E-state index contributed by atoms with van der Waals surface area (Å²) in [6.07, 6.45) is 4.42. The number of aromatic nitrogens is 1. The smallest absolute Gasteiger partial charge is 0.191 e. The Labute approximate surface area is 192 Å². The van der Waals surface area contributed by atoms with E-state index < -0.39 is 0 Å². The van der Waals surface area contributed by atoms with Crippen molar-refractivity contribution in [2.45, 2.75) is 59.1 Å². The monoisotopic (exact) mass is 441 g/mol. The van der Waals surface area contributed by atoms with E-state index >= 15 is 0 Å². The zero-order valence-electron chi connectivity index (χ0n) is 19.9. The van der Waals surface area contributed by atoms with Gasteiger partial charge in [0.1, 0.15) is 5.76 Å². The first-order valence-corrected chi connectivity index (χ1v) is 12.0. The molecule has 1 fully saturated rings. The number of likely N-dealkylation sites (tertiary alicyclic amines) is 1. The fourth-order valence-corrected chi connectivity index (χ4v) is 4.09. The molecule has 7 heteroatoms. The molecule has 0 spiro atoms. The van der Waals surface area contributed by atoms with Crippen molar-refractivity contribution >= 4 is 5.96 Å². The molecule has 2 N–H and O–H groups in total. The molecule has 3 rings (SSSR count). The molecule has 2 heterocycles. The molecule has 176 valence electrons. The highest BCUT2D eigenvalue weighted by atomic mass is 16.5. The van der Waals surface area contributed by atoms with Gasteiger partial charge < -0.3 is 19.9 Å². The summed E-state index contributed by atoms with van der Waals surface area (Å²) in [4.78, 5) is 7.21. The third-order valence-electron chi connectivity index (χ3n) is 5.90. The summed E-state index contributed by atoms with van der Waals surface area (Å²) >= 11 is 0. The maximum atomic E-state index is 6.13. The molecule has 1 aromatic carbocycles. The van der Waals surface area contributed by atoms with Gasteiger partial charge in [0.25, 0.3) is 0 Å². The number of rotatable bonds is 11. The highest BCUT2D eigenvalue weighted by Crippen LogP contribution is 2.16. The Bertz CT molecular complexity index is 793. The number of ether oxygens (including phenoxy) is 1. The van der Waals surface area contributed by atoms with E-state index in [1.165, 1.54) is 11.1 Å². The van der Waals surface area contributed by atoms with Gasteiger partial charge in [-0.25, -0.2) is 0 Å². The molecule has 0 aliphatic carbocycles. The van der Waals surface area contributed by atoms with Crippen molar-refractivity contribution in [2.24, 2.45) is 4.99 Å². The second-order valence-corrected chi connectivity index (χ2v) is 8.43. The average Bonchev–Trinajstić information content (AvgIpc) is 3.13. The van der Waals surface area contributed by atoms with Crippen molar-refractivity contribution < 1.29 is 9.26 Å². The van der Waals surface area contributed by atoms with Gasteiger partial charge in [-0.05, 0) is 52.0 Å². The van der Waals surface area contributed by atoms with Crippen molar-refractivity contribution in [1.29, 1.82) is 0 Å². The highest BCUT2D eigenvalue weighted by Gasteiger charge is 2.19. The van der Waals surface area contributed by atoms with E-state index in [1.54, 1.807) is 0 Å². The van der Waals surface area contributed by atoms with Crippen molar-refractivity contribution in [2.75, 3.05) is 39.3 Å². The number of hydrogen-bond acceptors (Lipinski definition) is 5. The Morgan fingerprint density at radius 1 is 1.19 bits per heavy atom. The summed E-state index contributed by atoms with van der Waals surface area (Å²) in [6, 6.07) is 10.7. The van der Waals surface area contributed by atoms with Gasteiger partial charge in [0.15, 0.2) is 5.96 Å². The van der Waals surface area contributed by atoms with E-state index in [0.29, 0.717) is 6.10 Å². The van der Waals surface area contributed by atoms with Gasteiger partial charge >= 0.3 is 0 Å². The van der Waals surface area contributed by atoms with Crippen LogP contribution in [0.4, 0.5) is 0 Å². The van der Waals surface area contributed by atoms with Crippen LogP contribution in [-0.4, -0.2) is 61.5 Å². The predicted molar refractivity (Wildman–Crippen MR) is 129 cm³/mol. The average molecular weight is 442 g/mol. The molecule has 0 amide bonds. The second kappa shape index (κ2) is 13.2.